The summed E-state index contributed by atoms with van der Waals surface area (Å²) < 4.78 is 167. The van der Waals surface area contributed by atoms with Gasteiger partial charge < -0.3 is 0 Å². The zero-order valence-corrected chi connectivity index (χ0v) is 16.0. The predicted molar refractivity (Wildman–Crippen MR) is 74.7 cm³/mol. The number of alkyl halides is 13. The third-order valence-corrected chi connectivity index (χ3v) is 6.02. The van der Waals surface area contributed by atoms with Crippen LogP contribution in [0.25, 0.3) is 0 Å². The first-order chi connectivity index (χ1) is 12.3. The molecule has 14 heteroatoms. The van der Waals surface area contributed by atoms with Crippen LogP contribution in [0.5, 0.6) is 0 Å². The Bertz CT molecular complexity index is 484. The summed E-state index contributed by atoms with van der Waals surface area (Å²) >= 11 is -2.74. The van der Waals surface area contributed by atoms with Gasteiger partial charge in [-0.3, -0.25) is 0 Å². The van der Waals surface area contributed by atoms with Gasteiger partial charge in [-0.25, -0.2) is 0 Å². The number of rotatable bonds is 12. The molecule has 0 heterocycles. The van der Waals surface area contributed by atoms with E-state index in [0.717, 1.165) is 12.8 Å². The fourth-order valence-corrected chi connectivity index (χ4v) is 3.85. The van der Waals surface area contributed by atoms with Crippen LogP contribution in [0, 0.1) is 0 Å². The first-order valence-electron chi connectivity index (χ1n) is 7.91. The average Bonchev–Trinajstić information content (AvgIpc) is 2.52. The Kier molecular flexibility index (Phi) is 9.05. The molecule has 0 unspecified atom stereocenters. The van der Waals surface area contributed by atoms with Gasteiger partial charge in [0, 0.05) is 0 Å². The topological polar surface area (TPSA) is 0 Å². The summed E-state index contributed by atoms with van der Waals surface area (Å²) in [4.78, 5) is -5.88. The van der Waals surface area contributed by atoms with Gasteiger partial charge in [0.2, 0.25) is 0 Å². The molecule has 0 aromatic heterocycles. The van der Waals surface area contributed by atoms with Crippen molar-refractivity contribution in [3.05, 3.63) is 0 Å². The van der Waals surface area contributed by atoms with Crippen LogP contribution in [0.3, 0.4) is 0 Å². The number of hydrogen-bond donors (Lipinski definition) is 0. The third kappa shape index (κ3) is 5.20. The van der Waals surface area contributed by atoms with Crippen molar-refractivity contribution in [1.82, 2.24) is 0 Å². The third-order valence-electron chi connectivity index (χ3n) is 3.69. The number of hydrogen-bond acceptors (Lipinski definition) is 0. The second-order valence-corrected chi connectivity index (χ2v) is 8.47. The summed E-state index contributed by atoms with van der Waals surface area (Å²) in [5, 5.41) is -0.779. The summed E-state index contributed by atoms with van der Waals surface area (Å²) in [6.07, 6.45) is -4.42. The van der Waals surface area contributed by atoms with Gasteiger partial charge in [0.1, 0.15) is 0 Å². The van der Waals surface area contributed by atoms with Crippen LogP contribution in [-0.2, 0) is 0 Å². The maximum absolute atomic E-state index is 13.5. The van der Waals surface area contributed by atoms with E-state index >= 15 is 0 Å². The first-order valence-corrected chi connectivity index (χ1v) is 9.97. The van der Waals surface area contributed by atoms with E-state index < -0.39 is 55.0 Å². The summed E-state index contributed by atoms with van der Waals surface area (Å²) in [5.74, 6) is -30.2. The molecule has 0 aromatic carbocycles. The molecule has 0 spiro atoms. The molecule has 170 valence electrons. The molecule has 0 radical (unpaired) electrons. The van der Waals surface area contributed by atoms with E-state index in [2.05, 4.69) is 0 Å². The van der Waals surface area contributed by atoms with Crippen molar-refractivity contribution in [2.24, 2.45) is 0 Å². The quantitative estimate of drug-likeness (QED) is 0.148. The van der Waals surface area contributed by atoms with Gasteiger partial charge in [0.05, 0.1) is 0 Å². The van der Waals surface area contributed by atoms with Gasteiger partial charge in [-0.15, -0.1) is 0 Å². The molecule has 0 rings (SSSR count). The molecular formula is C14H17F13Se. The molecule has 0 aliphatic rings. The first kappa shape index (κ1) is 27.6. The van der Waals surface area contributed by atoms with Crippen molar-refractivity contribution in [3.8, 4) is 0 Å². The average molecular weight is 511 g/mol. The Balaban J connectivity index is 5.35. The Labute approximate surface area is 158 Å². The fraction of sp³-hybridized carbons (Fsp3) is 1.00. The van der Waals surface area contributed by atoms with Crippen LogP contribution >= 0.6 is 0 Å². The van der Waals surface area contributed by atoms with Crippen molar-refractivity contribution in [3.63, 3.8) is 0 Å². The van der Waals surface area contributed by atoms with E-state index in [1.54, 1.807) is 0 Å². The summed E-state index contributed by atoms with van der Waals surface area (Å²) in [6, 6.07) is 0. The van der Waals surface area contributed by atoms with Gasteiger partial charge in [-0.2, -0.15) is 0 Å². The van der Waals surface area contributed by atoms with Gasteiger partial charge in [0.25, 0.3) is 0 Å². The maximum atomic E-state index is 13.5. The molecule has 28 heavy (non-hydrogen) atoms. The van der Waals surface area contributed by atoms with E-state index in [1.165, 1.54) is 0 Å². The van der Waals surface area contributed by atoms with Crippen molar-refractivity contribution in [2.45, 2.75) is 85.5 Å². The molecule has 0 N–H and O–H groups in total. The molecule has 0 amide bonds. The van der Waals surface area contributed by atoms with E-state index in [4.69, 9.17) is 0 Å². The molecule has 0 aliphatic carbocycles. The van der Waals surface area contributed by atoms with E-state index in [-0.39, 0.29) is 12.8 Å². The summed E-state index contributed by atoms with van der Waals surface area (Å²) in [6.45, 7) is 1.87. The van der Waals surface area contributed by atoms with Crippen LogP contribution < -0.4 is 0 Å². The van der Waals surface area contributed by atoms with Crippen molar-refractivity contribution in [1.29, 1.82) is 0 Å². The van der Waals surface area contributed by atoms with E-state index in [1.807, 2.05) is 6.92 Å². The molecule has 0 nitrogen and oxygen atoms in total. The van der Waals surface area contributed by atoms with Gasteiger partial charge >= 0.3 is 157 Å². The Morgan fingerprint density at radius 1 is 0.500 bits per heavy atom. The molecule has 0 aromatic rings. The predicted octanol–water partition coefficient (Wildman–Crippen LogP) is 7.17. The van der Waals surface area contributed by atoms with Gasteiger partial charge in [0.15, 0.2) is 0 Å². The Morgan fingerprint density at radius 3 is 1.32 bits per heavy atom. The second-order valence-electron chi connectivity index (χ2n) is 5.93. The van der Waals surface area contributed by atoms with E-state index in [0.29, 0.717) is 12.8 Å². The van der Waals surface area contributed by atoms with Gasteiger partial charge in [-0.1, -0.05) is 0 Å². The van der Waals surface area contributed by atoms with E-state index in [9.17, 15) is 57.1 Å². The minimum atomic E-state index is -7.80. The van der Waals surface area contributed by atoms with Crippen LogP contribution in [0.1, 0.15) is 45.4 Å². The number of unbranched alkanes of at least 4 members (excludes halogenated alkanes) is 5. The van der Waals surface area contributed by atoms with Crippen LogP contribution in [0.4, 0.5) is 57.1 Å². The van der Waals surface area contributed by atoms with Crippen molar-refractivity contribution >= 4 is 15.0 Å². The molecule has 0 aliphatic heterocycles. The Hall–Kier alpha value is -0.391. The minimum absolute atomic E-state index is 0.143. The molecule has 0 saturated carbocycles. The number of halogens is 13. The molecule has 0 saturated heterocycles. The van der Waals surface area contributed by atoms with Crippen LogP contribution in [0.2, 0.25) is 5.32 Å². The summed E-state index contributed by atoms with van der Waals surface area (Å²) in [5.41, 5.74) is 0. The summed E-state index contributed by atoms with van der Waals surface area (Å²) in [7, 11) is 0. The van der Waals surface area contributed by atoms with Crippen LogP contribution in [-0.4, -0.2) is 49.6 Å². The Morgan fingerprint density at radius 2 is 0.893 bits per heavy atom. The van der Waals surface area contributed by atoms with Crippen molar-refractivity contribution < 1.29 is 57.1 Å². The monoisotopic (exact) mass is 512 g/mol. The normalized spacial score (nSPS) is 15.2. The fourth-order valence-electron chi connectivity index (χ4n) is 1.93. The zero-order chi connectivity index (χ0) is 22.7. The molecule has 0 atom stereocenters. The second kappa shape index (κ2) is 9.18. The standard InChI is InChI=1S/C14H17F13Se/c1-2-3-4-5-6-7-8-28-14(26,27)12(21,22)10(17,18)9(15,16)11(19,20)13(23,24)25/h2-8H2,1H3. The zero-order valence-electron chi connectivity index (χ0n) is 14.3. The van der Waals surface area contributed by atoms with Gasteiger partial charge in [-0.05, 0) is 0 Å². The SMILES string of the molecule is CCCCCCCC[Se]C(F)(F)C(F)(F)C(F)(F)C(F)(F)C(F)(F)C(F)(F)F. The molecular weight excluding hydrogens is 494 g/mol. The molecule has 0 bridgehead atoms. The molecule has 0 fully saturated rings. The van der Waals surface area contributed by atoms with Crippen LogP contribution in [0.15, 0.2) is 0 Å². The van der Waals surface area contributed by atoms with Crippen molar-refractivity contribution in [2.75, 3.05) is 0 Å².